The molecule has 0 spiro atoms. The van der Waals surface area contributed by atoms with E-state index in [9.17, 15) is 14.7 Å². The Balaban J connectivity index is 0. The van der Waals surface area contributed by atoms with Gasteiger partial charge in [0.2, 0.25) is 0 Å². The van der Waals surface area contributed by atoms with Crippen LogP contribution in [0.25, 0.3) is 0 Å². The van der Waals surface area contributed by atoms with Gasteiger partial charge in [-0.15, -0.1) is 0 Å². The normalized spacial score (nSPS) is 14.0. The molecule has 0 fully saturated rings. The van der Waals surface area contributed by atoms with Gasteiger partial charge in [0.15, 0.2) is 6.10 Å². The van der Waals surface area contributed by atoms with Crippen molar-refractivity contribution in [3.63, 3.8) is 0 Å². The Labute approximate surface area is 181 Å². The number of rotatable bonds is 15. The third-order valence-corrected chi connectivity index (χ3v) is 4.66. The van der Waals surface area contributed by atoms with E-state index in [0.717, 1.165) is 51.4 Å². The van der Waals surface area contributed by atoms with Gasteiger partial charge in [-0.1, -0.05) is 66.2 Å². The van der Waals surface area contributed by atoms with Crippen LogP contribution in [0.5, 0.6) is 0 Å². The molecule has 0 saturated carbocycles. The first-order valence-electron chi connectivity index (χ1n) is 9.98. The number of hydrogen-bond donors (Lipinski definition) is 1. The molecule has 6 heteroatoms. The predicted molar refractivity (Wildman–Crippen MR) is 105 cm³/mol. The summed E-state index contributed by atoms with van der Waals surface area (Å²) in [5.41, 5.74) is 0. The number of carbonyl (C=O) groups is 2. The zero-order chi connectivity index (χ0) is 19.1. The monoisotopic (exact) mass is 381 g/mol. The van der Waals surface area contributed by atoms with E-state index in [1.165, 1.54) is 0 Å². The second-order valence-electron chi connectivity index (χ2n) is 6.87. The molecule has 0 rings (SSSR count). The van der Waals surface area contributed by atoms with Gasteiger partial charge in [-0.05, 0) is 24.7 Å². The first-order chi connectivity index (χ1) is 12.0. The van der Waals surface area contributed by atoms with Gasteiger partial charge in [0.05, 0.1) is 19.6 Å². The van der Waals surface area contributed by atoms with E-state index in [1.54, 1.807) is 0 Å². The van der Waals surface area contributed by atoms with Crippen LogP contribution in [0.4, 0.5) is 0 Å². The van der Waals surface area contributed by atoms with E-state index >= 15 is 0 Å². The molecule has 0 amide bonds. The first kappa shape index (κ1) is 28.1. The van der Waals surface area contributed by atoms with Gasteiger partial charge in [-0.2, -0.15) is 0 Å². The summed E-state index contributed by atoms with van der Waals surface area (Å²) in [5, 5.41) is 9.84. The van der Waals surface area contributed by atoms with Crippen molar-refractivity contribution in [1.82, 2.24) is 0 Å². The molecule has 3 atom stereocenters. The number of ether oxygens (including phenoxy) is 2. The smallest absolute Gasteiger partial charge is 0.335 e. The van der Waals surface area contributed by atoms with Crippen molar-refractivity contribution in [2.24, 2.45) is 11.8 Å². The van der Waals surface area contributed by atoms with Gasteiger partial charge >= 0.3 is 11.9 Å². The summed E-state index contributed by atoms with van der Waals surface area (Å²) >= 11 is 0. The number of esters is 2. The molecule has 0 aliphatic rings. The number of aliphatic hydroxyl groups excluding tert-OH is 1. The van der Waals surface area contributed by atoms with Crippen molar-refractivity contribution in [2.45, 2.75) is 91.6 Å². The molecule has 0 aliphatic carbocycles. The Bertz CT molecular complexity index is 362. The fourth-order valence-electron chi connectivity index (χ4n) is 2.60. The summed E-state index contributed by atoms with van der Waals surface area (Å²) in [6.45, 7) is 9.04. The summed E-state index contributed by atoms with van der Waals surface area (Å²) in [6, 6.07) is 0. The van der Waals surface area contributed by atoms with Gasteiger partial charge in [0.1, 0.15) is 0 Å². The van der Waals surface area contributed by atoms with Gasteiger partial charge in [0.25, 0.3) is 0 Å². The quantitative estimate of drug-likeness (QED) is 0.344. The Morgan fingerprint density at radius 2 is 1.31 bits per heavy atom. The van der Waals surface area contributed by atoms with E-state index < -0.39 is 18.0 Å². The number of aliphatic hydroxyl groups is 1. The molecule has 3 unspecified atom stereocenters. The second kappa shape index (κ2) is 18.3. The molecular formula is C20H38NaO5. The number of hydrogen-bond acceptors (Lipinski definition) is 5. The minimum atomic E-state index is -1.44. The molecule has 149 valence electrons. The van der Waals surface area contributed by atoms with Gasteiger partial charge in [-0.25, -0.2) is 4.79 Å². The van der Waals surface area contributed by atoms with Crippen LogP contribution in [-0.2, 0) is 19.1 Å². The van der Waals surface area contributed by atoms with Crippen LogP contribution in [-0.4, -0.2) is 65.9 Å². The van der Waals surface area contributed by atoms with E-state index in [0.29, 0.717) is 25.0 Å². The van der Waals surface area contributed by atoms with Crippen molar-refractivity contribution in [3.05, 3.63) is 0 Å². The average Bonchev–Trinajstić information content (AvgIpc) is 2.61. The average molecular weight is 382 g/mol. The molecule has 5 nitrogen and oxygen atoms in total. The third kappa shape index (κ3) is 14.0. The van der Waals surface area contributed by atoms with E-state index in [4.69, 9.17) is 9.47 Å². The molecule has 0 heterocycles. The van der Waals surface area contributed by atoms with Gasteiger partial charge in [0, 0.05) is 29.6 Å². The minimum Gasteiger partial charge on any atom is -0.465 e. The summed E-state index contributed by atoms with van der Waals surface area (Å²) in [6.07, 6.45) is 6.58. The fraction of sp³-hybridized carbons (Fsp3) is 0.900. The molecule has 0 aromatic rings. The van der Waals surface area contributed by atoms with Crippen molar-refractivity contribution in [3.8, 4) is 0 Å². The van der Waals surface area contributed by atoms with E-state index in [2.05, 4.69) is 27.7 Å². The Kier molecular flexibility index (Phi) is 19.8. The van der Waals surface area contributed by atoms with E-state index in [-0.39, 0.29) is 36.0 Å². The van der Waals surface area contributed by atoms with Gasteiger partial charge < -0.3 is 14.6 Å². The SMILES string of the molecule is CCCCC(CC)COC(=O)CC(O)C(=O)OCC(CC)CCCC.[Na]. The topological polar surface area (TPSA) is 72.8 Å². The van der Waals surface area contributed by atoms with Crippen LogP contribution in [0.2, 0.25) is 0 Å². The summed E-state index contributed by atoms with van der Waals surface area (Å²) in [5.74, 6) is -0.619. The van der Waals surface area contributed by atoms with Crippen LogP contribution in [0.3, 0.4) is 0 Å². The third-order valence-electron chi connectivity index (χ3n) is 4.66. The van der Waals surface area contributed by atoms with Crippen LogP contribution < -0.4 is 0 Å². The van der Waals surface area contributed by atoms with Crippen molar-refractivity contribution < 1.29 is 24.2 Å². The maximum Gasteiger partial charge on any atom is 0.335 e. The number of carbonyl (C=O) groups excluding carboxylic acids is 2. The van der Waals surface area contributed by atoms with Crippen LogP contribution in [0.15, 0.2) is 0 Å². The Morgan fingerprint density at radius 1 is 0.846 bits per heavy atom. The van der Waals surface area contributed by atoms with Crippen molar-refractivity contribution in [1.29, 1.82) is 0 Å². The summed E-state index contributed by atoms with van der Waals surface area (Å²) in [4.78, 5) is 23.6. The van der Waals surface area contributed by atoms with E-state index in [1.807, 2.05) is 0 Å². The van der Waals surface area contributed by atoms with Crippen molar-refractivity contribution in [2.75, 3.05) is 13.2 Å². The molecule has 0 saturated heterocycles. The molecule has 1 N–H and O–H groups in total. The Morgan fingerprint density at radius 3 is 1.73 bits per heavy atom. The molecule has 0 aliphatic heterocycles. The van der Waals surface area contributed by atoms with Gasteiger partial charge in [-0.3, -0.25) is 4.79 Å². The zero-order valence-electron chi connectivity index (χ0n) is 17.6. The summed E-state index contributed by atoms with van der Waals surface area (Å²) in [7, 11) is 0. The fourth-order valence-corrected chi connectivity index (χ4v) is 2.60. The molecule has 0 bridgehead atoms. The van der Waals surface area contributed by atoms with Crippen molar-refractivity contribution >= 4 is 41.5 Å². The minimum absolute atomic E-state index is 0. The maximum absolute atomic E-state index is 11.8. The molecule has 1 radical (unpaired) electrons. The molecule has 26 heavy (non-hydrogen) atoms. The molecule has 0 aromatic heterocycles. The van der Waals surface area contributed by atoms with Crippen LogP contribution in [0.1, 0.15) is 85.5 Å². The molecule has 0 aromatic carbocycles. The summed E-state index contributed by atoms with van der Waals surface area (Å²) < 4.78 is 10.4. The number of unbranched alkanes of at least 4 members (excludes halogenated alkanes) is 2. The molecular weight excluding hydrogens is 343 g/mol. The second-order valence-corrected chi connectivity index (χ2v) is 6.87. The van der Waals surface area contributed by atoms with Crippen LogP contribution >= 0.6 is 0 Å². The standard InChI is InChI=1S/C20H38O5.Na/c1-5-9-11-16(7-3)14-24-19(22)13-18(21)20(23)25-15-17(8-4)12-10-6-2;/h16-18,21H,5-15H2,1-4H3;. The maximum atomic E-state index is 11.8. The predicted octanol–water partition coefficient (Wildman–Crippen LogP) is 3.88. The first-order valence-corrected chi connectivity index (χ1v) is 9.98. The Hall–Kier alpha value is -0.100. The zero-order valence-corrected chi connectivity index (χ0v) is 19.6. The van der Waals surface area contributed by atoms with Crippen LogP contribution in [0, 0.1) is 11.8 Å². The largest absolute Gasteiger partial charge is 0.465 e.